The molecule has 6 nitrogen and oxygen atoms in total. The van der Waals surface area contributed by atoms with Crippen LogP contribution < -0.4 is 9.47 Å². The predicted molar refractivity (Wildman–Crippen MR) is 67.6 cm³/mol. The molecule has 1 N–H and O–H groups in total. The van der Waals surface area contributed by atoms with Crippen LogP contribution in [0.25, 0.3) is 6.08 Å². The molecule has 0 radical (unpaired) electrons. The molecule has 0 aliphatic heterocycles. The largest absolute Gasteiger partial charge is 0.493 e. The zero-order chi connectivity index (χ0) is 14.4. The minimum absolute atomic E-state index is 0.00203. The fourth-order valence-corrected chi connectivity index (χ4v) is 1.44. The van der Waals surface area contributed by atoms with Gasteiger partial charge in [0.2, 0.25) is 0 Å². The third-order valence-corrected chi connectivity index (χ3v) is 2.39. The number of carboxylic acids is 1. The Balaban J connectivity index is 3.31. The topological polar surface area (TPSA) is 82.1 Å². The molecule has 0 amide bonds. The summed E-state index contributed by atoms with van der Waals surface area (Å²) in [5, 5.41) is 9.13. The first-order valence-electron chi connectivity index (χ1n) is 5.28. The number of carboxylic acid groups (broad SMARTS) is 1. The van der Waals surface area contributed by atoms with Gasteiger partial charge in [0, 0.05) is 6.08 Å². The quantitative estimate of drug-likeness (QED) is 0.643. The molecule has 1 aromatic rings. The summed E-state index contributed by atoms with van der Waals surface area (Å²) in [5.41, 5.74) is 0.313. The molecule has 0 saturated heterocycles. The fourth-order valence-electron chi connectivity index (χ4n) is 1.44. The average molecular weight is 266 g/mol. The van der Waals surface area contributed by atoms with Crippen molar-refractivity contribution in [3.05, 3.63) is 29.3 Å². The van der Waals surface area contributed by atoms with Crippen LogP contribution in [-0.4, -0.2) is 38.4 Å². The highest BCUT2D eigenvalue weighted by molar-refractivity contribution is 5.95. The SMILES string of the molecule is COC(=O)C=Cc1cc(OC)c(OC)cc1C(=O)O. The molecule has 1 rings (SSSR count). The summed E-state index contributed by atoms with van der Waals surface area (Å²) < 4.78 is 14.5. The van der Waals surface area contributed by atoms with Gasteiger partial charge in [-0.2, -0.15) is 0 Å². The first-order chi connectivity index (χ1) is 9.03. The van der Waals surface area contributed by atoms with E-state index in [-0.39, 0.29) is 5.56 Å². The Labute approximate surface area is 110 Å². The monoisotopic (exact) mass is 266 g/mol. The highest BCUT2D eigenvalue weighted by Crippen LogP contribution is 2.31. The Morgan fingerprint density at radius 2 is 1.68 bits per heavy atom. The van der Waals surface area contributed by atoms with E-state index in [9.17, 15) is 9.59 Å². The van der Waals surface area contributed by atoms with Crippen molar-refractivity contribution in [3.63, 3.8) is 0 Å². The van der Waals surface area contributed by atoms with E-state index >= 15 is 0 Å². The number of esters is 1. The van der Waals surface area contributed by atoms with Crippen LogP contribution in [0.1, 0.15) is 15.9 Å². The van der Waals surface area contributed by atoms with Crippen molar-refractivity contribution in [3.8, 4) is 11.5 Å². The second-order valence-electron chi connectivity index (χ2n) is 3.46. The van der Waals surface area contributed by atoms with E-state index in [1.165, 1.54) is 39.5 Å². The average Bonchev–Trinajstić information content (AvgIpc) is 2.43. The number of benzene rings is 1. The van der Waals surface area contributed by atoms with Crippen molar-refractivity contribution in [1.82, 2.24) is 0 Å². The van der Waals surface area contributed by atoms with Gasteiger partial charge in [-0.1, -0.05) is 0 Å². The van der Waals surface area contributed by atoms with Crippen LogP contribution in [0.2, 0.25) is 0 Å². The van der Waals surface area contributed by atoms with Crippen molar-refractivity contribution in [1.29, 1.82) is 0 Å². The van der Waals surface area contributed by atoms with Gasteiger partial charge in [0.15, 0.2) is 11.5 Å². The molecule has 0 atom stereocenters. The summed E-state index contributed by atoms with van der Waals surface area (Å²) in [4.78, 5) is 22.2. The molecule has 0 aromatic heterocycles. The van der Waals surface area contributed by atoms with E-state index in [1.54, 1.807) is 0 Å². The number of methoxy groups -OCH3 is 3. The molecule has 0 spiro atoms. The molecule has 0 fully saturated rings. The molecule has 1 aromatic carbocycles. The molecule has 19 heavy (non-hydrogen) atoms. The number of aromatic carboxylic acids is 1. The second-order valence-corrected chi connectivity index (χ2v) is 3.46. The summed E-state index contributed by atoms with van der Waals surface area (Å²) in [6.07, 6.45) is 2.48. The lowest BCUT2D eigenvalue weighted by atomic mass is 10.1. The van der Waals surface area contributed by atoms with Crippen molar-refractivity contribution >= 4 is 18.0 Å². The maximum Gasteiger partial charge on any atom is 0.336 e. The van der Waals surface area contributed by atoms with E-state index in [1.807, 2.05) is 0 Å². The van der Waals surface area contributed by atoms with Gasteiger partial charge in [0.05, 0.1) is 26.9 Å². The summed E-state index contributed by atoms with van der Waals surface area (Å²) in [6.45, 7) is 0. The number of hydrogen-bond acceptors (Lipinski definition) is 5. The van der Waals surface area contributed by atoms with E-state index in [2.05, 4.69) is 4.74 Å². The van der Waals surface area contributed by atoms with Crippen molar-refractivity contribution in [2.45, 2.75) is 0 Å². The van der Waals surface area contributed by atoms with Gasteiger partial charge < -0.3 is 19.3 Å². The Kier molecular flexibility index (Phi) is 4.93. The third-order valence-electron chi connectivity index (χ3n) is 2.39. The number of carbonyl (C=O) groups excluding carboxylic acids is 1. The standard InChI is InChI=1S/C13H14O6/c1-17-10-6-8(4-5-12(14)19-3)9(13(15)16)7-11(10)18-2/h4-7H,1-3H3,(H,15,16). The maximum absolute atomic E-state index is 11.2. The third kappa shape index (κ3) is 3.48. The highest BCUT2D eigenvalue weighted by atomic mass is 16.5. The molecule has 102 valence electrons. The van der Waals surface area contributed by atoms with Crippen molar-refractivity contribution in [2.75, 3.05) is 21.3 Å². The molecule has 6 heteroatoms. The highest BCUT2D eigenvalue weighted by Gasteiger charge is 2.14. The van der Waals surface area contributed by atoms with Gasteiger partial charge in [-0.25, -0.2) is 9.59 Å². The minimum Gasteiger partial charge on any atom is -0.493 e. The van der Waals surface area contributed by atoms with E-state index in [0.29, 0.717) is 17.1 Å². The lowest BCUT2D eigenvalue weighted by molar-refractivity contribution is -0.134. The number of ether oxygens (including phenoxy) is 3. The van der Waals surface area contributed by atoms with Crippen LogP contribution in [0.15, 0.2) is 18.2 Å². The number of hydrogen-bond donors (Lipinski definition) is 1. The van der Waals surface area contributed by atoms with Gasteiger partial charge in [-0.15, -0.1) is 0 Å². The van der Waals surface area contributed by atoms with Crippen molar-refractivity contribution < 1.29 is 28.9 Å². The van der Waals surface area contributed by atoms with Gasteiger partial charge in [-0.05, 0) is 23.8 Å². The zero-order valence-corrected chi connectivity index (χ0v) is 10.8. The lowest BCUT2D eigenvalue weighted by Gasteiger charge is -2.10. The molecular weight excluding hydrogens is 252 g/mol. The van der Waals surface area contributed by atoms with Crippen LogP contribution in [0.5, 0.6) is 11.5 Å². The summed E-state index contributed by atoms with van der Waals surface area (Å²) in [7, 11) is 4.08. The molecule has 0 unspecified atom stereocenters. The Bertz CT molecular complexity index is 518. The summed E-state index contributed by atoms with van der Waals surface area (Å²) >= 11 is 0. The molecule has 0 heterocycles. The predicted octanol–water partition coefficient (Wildman–Crippen LogP) is 1.59. The van der Waals surface area contributed by atoms with E-state index in [0.717, 1.165) is 6.08 Å². The number of rotatable bonds is 5. The molecule has 0 aliphatic rings. The maximum atomic E-state index is 11.2. The zero-order valence-electron chi connectivity index (χ0n) is 10.8. The number of carbonyl (C=O) groups is 2. The van der Waals surface area contributed by atoms with Gasteiger partial charge >= 0.3 is 11.9 Å². The van der Waals surface area contributed by atoms with Crippen LogP contribution in [-0.2, 0) is 9.53 Å². The Morgan fingerprint density at radius 3 is 2.16 bits per heavy atom. The van der Waals surface area contributed by atoms with Crippen molar-refractivity contribution in [2.24, 2.45) is 0 Å². The summed E-state index contributed by atoms with van der Waals surface area (Å²) in [6, 6.07) is 2.81. The molecule has 0 saturated carbocycles. The second kappa shape index (κ2) is 6.44. The fraction of sp³-hybridized carbons (Fsp3) is 0.231. The lowest BCUT2D eigenvalue weighted by Crippen LogP contribution is -2.02. The van der Waals surface area contributed by atoms with Crippen LogP contribution >= 0.6 is 0 Å². The Hall–Kier alpha value is -2.50. The smallest absolute Gasteiger partial charge is 0.336 e. The molecular formula is C13H14O6. The van der Waals surface area contributed by atoms with Gasteiger partial charge in [0.1, 0.15) is 0 Å². The minimum atomic E-state index is -1.13. The van der Waals surface area contributed by atoms with Crippen LogP contribution in [0, 0.1) is 0 Å². The normalized spacial score (nSPS) is 10.3. The van der Waals surface area contributed by atoms with Gasteiger partial charge in [0.25, 0.3) is 0 Å². The molecule has 0 bridgehead atoms. The van der Waals surface area contributed by atoms with Crippen LogP contribution in [0.3, 0.4) is 0 Å². The van der Waals surface area contributed by atoms with E-state index in [4.69, 9.17) is 14.6 Å². The summed E-state index contributed by atoms with van der Waals surface area (Å²) in [5.74, 6) is -1.04. The Morgan fingerprint density at radius 1 is 1.11 bits per heavy atom. The first kappa shape index (κ1) is 14.6. The molecule has 0 aliphatic carbocycles. The van der Waals surface area contributed by atoms with E-state index < -0.39 is 11.9 Å². The van der Waals surface area contributed by atoms with Gasteiger partial charge in [-0.3, -0.25) is 0 Å². The first-order valence-corrected chi connectivity index (χ1v) is 5.28. The van der Waals surface area contributed by atoms with Crippen LogP contribution in [0.4, 0.5) is 0 Å².